The van der Waals surface area contributed by atoms with Gasteiger partial charge in [0.15, 0.2) is 0 Å². The first-order chi connectivity index (χ1) is 10.2. The van der Waals surface area contributed by atoms with Gasteiger partial charge in [0.05, 0.1) is 12.7 Å². The van der Waals surface area contributed by atoms with E-state index in [4.69, 9.17) is 14.2 Å². The Balaban J connectivity index is 1.88. The molecule has 1 aromatic carbocycles. The molecule has 0 radical (unpaired) electrons. The lowest BCUT2D eigenvalue weighted by Gasteiger charge is -2.33. The molecular formula is C17H27NO3. The Hall–Kier alpha value is -1.26. The number of anilines is 1. The first-order valence-electron chi connectivity index (χ1n) is 7.79. The summed E-state index contributed by atoms with van der Waals surface area (Å²) >= 11 is 0. The number of rotatable bonds is 7. The summed E-state index contributed by atoms with van der Waals surface area (Å²) in [5.41, 5.74) is 1.11. The van der Waals surface area contributed by atoms with Crippen molar-refractivity contribution in [2.24, 2.45) is 5.92 Å². The van der Waals surface area contributed by atoms with Crippen LogP contribution >= 0.6 is 0 Å². The fourth-order valence-corrected chi connectivity index (χ4v) is 2.58. The molecule has 2 unspecified atom stereocenters. The topological polar surface area (TPSA) is 39.7 Å². The van der Waals surface area contributed by atoms with Gasteiger partial charge in [-0.05, 0) is 30.9 Å². The van der Waals surface area contributed by atoms with E-state index < -0.39 is 0 Å². The predicted molar refractivity (Wildman–Crippen MR) is 85.0 cm³/mol. The summed E-state index contributed by atoms with van der Waals surface area (Å²) in [7, 11) is 1.68. The minimum atomic E-state index is 0.359. The molecule has 0 aromatic heterocycles. The van der Waals surface area contributed by atoms with Crippen LogP contribution in [0.3, 0.4) is 0 Å². The first-order valence-corrected chi connectivity index (χ1v) is 7.79. The van der Waals surface area contributed by atoms with Crippen molar-refractivity contribution in [3.63, 3.8) is 0 Å². The van der Waals surface area contributed by atoms with E-state index in [1.807, 2.05) is 12.1 Å². The molecule has 1 N–H and O–H groups in total. The highest BCUT2D eigenvalue weighted by Crippen LogP contribution is 2.24. The third kappa shape index (κ3) is 5.21. The highest BCUT2D eigenvalue weighted by atomic mass is 16.5. The van der Waals surface area contributed by atoms with Gasteiger partial charge in [0, 0.05) is 31.5 Å². The largest absolute Gasteiger partial charge is 0.491 e. The molecule has 4 heteroatoms. The third-order valence-corrected chi connectivity index (χ3v) is 3.82. The summed E-state index contributed by atoms with van der Waals surface area (Å²) in [5, 5.41) is 3.61. The number of benzene rings is 1. The van der Waals surface area contributed by atoms with Gasteiger partial charge in [0.1, 0.15) is 12.4 Å². The van der Waals surface area contributed by atoms with Crippen molar-refractivity contribution in [1.29, 1.82) is 0 Å². The fraction of sp³-hybridized carbons (Fsp3) is 0.647. The molecule has 1 heterocycles. The lowest BCUT2D eigenvalue weighted by molar-refractivity contribution is -0.0160. The summed E-state index contributed by atoms with van der Waals surface area (Å²) in [5.74, 6) is 1.45. The van der Waals surface area contributed by atoms with E-state index in [0.717, 1.165) is 30.9 Å². The second-order valence-corrected chi connectivity index (χ2v) is 5.89. The molecule has 0 saturated carbocycles. The lowest BCUT2D eigenvalue weighted by Crippen LogP contribution is -2.36. The summed E-state index contributed by atoms with van der Waals surface area (Å²) in [6, 6.07) is 8.60. The minimum Gasteiger partial charge on any atom is -0.491 e. The molecule has 1 fully saturated rings. The van der Waals surface area contributed by atoms with Crippen LogP contribution in [-0.4, -0.2) is 39.1 Å². The van der Waals surface area contributed by atoms with Gasteiger partial charge < -0.3 is 19.5 Å². The third-order valence-electron chi connectivity index (χ3n) is 3.82. The van der Waals surface area contributed by atoms with Crippen LogP contribution in [0.4, 0.5) is 5.69 Å². The van der Waals surface area contributed by atoms with Gasteiger partial charge in [0.2, 0.25) is 0 Å². The number of hydrogen-bond acceptors (Lipinski definition) is 4. The van der Waals surface area contributed by atoms with Crippen molar-refractivity contribution in [1.82, 2.24) is 0 Å². The average molecular weight is 293 g/mol. The van der Waals surface area contributed by atoms with Crippen molar-refractivity contribution < 1.29 is 14.2 Å². The molecule has 0 spiro atoms. The molecule has 1 aliphatic rings. The monoisotopic (exact) mass is 293 g/mol. The average Bonchev–Trinajstić information content (AvgIpc) is 2.48. The van der Waals surface area contributed by atoms with Gasteiger partial charge in [0.25, 0.3) is 0 Å². The summed E-state index contributed by atoms with van der Waals surface area (Å²) in [6.07, 6.45) is 2.47. The van der Waals surface area contributed by atoms with Crippen LogP contribution in [0.2, 0.25) is 0 Å². The number of ether oxygens (including phenoxy) is 3. The molecule has 0 amide bonds. The Morgan fingerprint density at radius 2 is 2.19 bits per heavy atom. The molecule has 2 atom stereocenters. The quantitative estimate of drug-likeness (QED) is 0.783. The molecule has 2 rings (SSSR count). The van der Waals surface area contributed by atoms with E-state index in [-0.39, 0.29) is 0 Å². The van der Waals surface area contributed by atoms with Gasteiger partial charge >= 0.3 is 0 Å². The molecule has 4 nitrogen and oxygen atoms in total. The molecule has 0 aliphatic carbocycles. The van der Waals surface area contributed by atoms with Crippen molar-refractivity contribution >= 4 is 5.69 Å². The SMILES string of the molecule is COCCOc1cccc(NC2CCOC(C(C)C)C2)c1. The molecule has 1 saturated heterocycles. The summed E-state index contributed by atoms with van der Waals surface area (Å²) < 4.78 is 16.5. The van der Waals surface area contributed by atoms with Gasteiger partial charge in [-0.2, -0.15) is 0 Å². The standard InChI is InChI=1S/C17H27NO3/c1-13(2)17-12-15(7-8-21-17)18-14-5-4-6-16(11-14)20-10-9-19-3/h4-6,11,13,15,17-18H,7-10,12H2,1-3H3. The van der Waals surface area contributed by atoms with Crippen molar-refractivity contribution in [2.75, 3.05) is 32.2 Å². The lowest BCUT2D eigenvalue weighted by atomic mass is 9.95. The second-order valence-electron chi connectivity index (χ2n) is 5.89. The zero-order valence-electron chi connectivity index (χ0n) is 13.3. The summed E-state index contributed by atoms with van der Waals surface area (Å²) in [6.45, 7) is 6.46. The van der Waals surface area contributed by atoms with E-state index in [9.17, 15) is 0 Å². The molecule has 1 aliphatic heterocycles. The zero-order valence-corrected chi connectivity index (χ0v) is 13.3. The van der Waals surface area contributed by atoms with Crippen LogP contribution in [0.15, 0.2) is 24.3 Å². The smallest absolute Gasteiger partial charge is 0.121 e. The van der Waals surface area contributed by atoms with Crippen LogP contribution in [0.1, 0.15) is 26.7 Å². The normalized spacial score (nSPS) is 22.3. The maximum absolute atomic E-state index is 5.82. The van der Waals surface area contributed by atoms with Gasteiger partial charge in [-0.1, -0.05) is 19.9 Å². The van der Waals surface area contributed by atoms with Crippen LogP contribution < -0.4 is 10.1 Å². The maximum atomic E-state index is 5.82. The van der Waals surface area contributed by atoms with Crippen LogP contribution in [0.25, 0.3) is 0 Å². The highest BCUT2D eigenvalue weighted by Gasteiger charge is 2.24. The van der Waals surface area contributed by atoms with Crippen molar-refractivity contribution in [2.45, 2.75) is 38.8 Å². The van der Waals surface area contributed by atoms with Crippen LogP contribution in [-0.2, 0) is 9.47 Å². The Morgan fingerprint density at radius 3 is 2.95 bits per heavy atom. The number of methoxy groups -OCH3 is 1. The van der Waals surface area contributed by atoms with Gasteiger partial charge in [-0.15, -0.1) is 0 Å². The minimum absolute atomic E-state index is 0.359. The van der Waals surface area contributed by atoms with Crippen LogP contribution in [0, 0.1) is 5.92 Å². The Morgan fingerprint density at radius 1 is 1.33 bits per heavy atom. The van der Waals surface area contributed by atoms with E-state index in [2.05, 4.69) is 31.3 Å². The molecular weight excluding hydrogens is 266 g/mol. The van der Waals surface area contributed by atoms with Crippen molar-refractivity contribution in [3.8, 4) is 5.75 Å². The van der Waals surface area contributed by atoms with Gasteiger partial charge in [-0.25, -0.2) is 0 Å². The fourth-order valence-electron chi connectivity index (χ4n) is 2.58. The maximum Gasteiger partial charge on any atom is 0.121 e. The number of nitrogens with one attached hydrogen (secondary N) is 1. The first kappa shape index (κ1) is 16.1. The Bertz CT molecular complexity index is 422. The van der Waals surface area contributed by atoms with Gasteiger partial charge in [-0.3, -0.25) is 0 Å². The van der Waals surface area contributed by atoms with E-state index >= 15 is 0 Å². The summed E-state index contributed by atoms with van der Waals surface area (Å²) in [4.78, 5) is 0. The molecule has 21 heavy (non-hydrogen) atoms. The Kier molecular flexibility index (Phi) is 6.33. The molecule has 1 aromatic rings. The Labute approximate surface area is 127 Å². The van der Waals surface area contributed by atoms with Crippen molar-refractivity contribution in [3.05, 3.63) is 24.3 Å². The number of hydrogen-bond donors (Lipinski definition) is 1. The van der Waals surface area contributed by atoms with E-state index in [1.165, 1.54) is 0 Å². The molecule has 0 bridgehead atoms. The highest BCUT2D eigenvalue weighted by molar-refractivity contribution is 5.48. The van der Waals surface area contributed by atoms with E-state index in [1.54, 1.807) is 7.11 Å². The second kappa shape index (κ2) is 8.25. The molecule has 118 valence electrons. The van der Waals surface area contributed by atoms with Crippen LogP contribution in [0.5, 0.6) is 5.75 Å². The van der Waals surface area contributed by atoms with E-state index in [0.29, 0.717) is 31.3 Å². The predicted octanol–water partition coefficient (Wildman–Crippen LogP) is 3.33. The zero-order chi connectivity index (χ0) is 15.1.